The molecule has 1 radical (unpaired) electrons. The fourth-order valence-electron chi connectivity index (χ4n) is 4.58. The van der Waals surface area contributed by atoms with Crippen LogP contribution in [0.1, 0.15) is 0 Å². The minimum absolute atomic E-state index is 0. The maximum absolute atomic E-state index is 5.17. The van der Waals surface area contributed by atoms with Gasteiger partial charge in [0.2, 0.25) is 0 Å². The van der Waals surface area contributed by atoms with Crippen molar-refractivity contribution in [3.05, 3.63) is 128 Å². The summed E-state index contributed by atoms with van der Waals surface area (Å²) in [6, 6.07) is 40.7. The Kier molecular flexibility index (Phi) is 6.95. The number of benzene rings is 3. The molecule has 7 aromatic rings. The van der Waals surface area contributed by atoms with Crippen molar-refractivity contribution in [2.45, 2.75) is 0 Å². The van der Waals surface area contributed by atoms with Crippen molar-refractivity contribution in [1.82, 2.24) is 19.9 Å². The molecular formula is C32H21IrN5S. The first-order chi connectivity index (χ1) is 18.8. The van der Waals surface area contributed by atoms with E-state index in [0.717, 1.165) is 60.4 Å². The zero-order valence-electron chi connectivity index (χ0n) is 20.6. The molecule has 0 aliphatic carbocycles. The molecule has 0 saturated carbocycles. The Hall–Kier alpha value is -4.29. The minimum Gasteiger partial charge on any atom is -0.270 e. The van der Waals surface area contributed by atoms with Crippen molar-refractivity contribution in [3.8, 4) is 22.6 Å². The van der Waals surface area contributed by atoms with E-state index in [-0.39, 0.29) is 20.1 Å². The third kappa shape index (κ3) is 4.84. The predicted octanol–water partition coefficient (Wildman–Crippen LogP) is 8.44. The maximum atomic E-state index is 5.17. The van der Waals surface area contributed by atoms with Gasteiger partial charge >= 0.3 is 0 Å². The monoisotopic (exact) mass is 700 g/mol. The van der Waals surface area contributed by atoms with Crippen molar-refractivity contribution in [1.29, 1.82) is 0 Å². The molecule has 189 valence electrons. The fraction of sp³-hybridized carbons (Fsp3) is 0. The van der Waals surface area contributed by atoms with Crippen LogP contribution in [0.2, 0.25) is 0 Å². The molecular weight excluding hydrogens is 679 g/mol. The second kappa shape index (κ2) is 10.8. The van der Waals surface area contributed by atoms with Gasteiger partial charge < -0.3 is 0 Å². The van der Waals surface area contributed by atoms with E-state index in [2.05, 4.69) is 58.4 Å². The van der Waals surface area contributed by atoms with Gasteiger partial charge in [-0.15, -0.1) is 0 Å². The van der Waals surface area contributed by atoms with E-state index < -0.39 is 0 Å². The Balaban J connectivity index is 0.00000277. The number of rotatable bonds is 5. The van der Waals surface area contributed by atoms with Crippen molar-refractivity contribution < 1.29 is 20.1 Å². The van der Waals surface area contributed by atoms with Gasteiger partial charge in [0.25, 0.3) is 0 Å². The average Bonchev–Trinajstić information content (AvgIpc) is 3.42. The summed E-state index contributed by atoms with van der Waals surface area (Å²) >= 11 is 1.64. The normalized spacial score (nSPS) is 10.9. The van der Waals surface area contributed by atoms with E-state index in [1.807, 2.05) is 72.8 Å². The molecule has 0 saturated heterocycles. The third-order valence-electron chi connectivity index (χ3n) is 6.38. The van der Waals surface area contributed by atoms with Crippen LogP contribution in [0.15, 0.2) is 128 Å². The number of nitrogens with zero attached hydrogens (tertiary/aromatic N) is 5. The van der Waals surface area contributed by atoms with Crippen molar-refractivity contribution in [3.63, 3.8) is 0 Å². The molecule has 3 aromatic carbocycles. The molecule has 0 unspecified atom stereocenters. The van der Waals surface area contributed by atoms with E-state index >= 15 is 0 Å². The van der Waals surface area contributed by atoms with Gasteiger partial charge in [-0.2, -0.15) is 0 Å². The molecule has 0 atom stereocenters. The van der Waals surface area contributed by atoms with Crippen LogP contribution in [0.4, 0.5) is 16.6 Å². The topological polar surface area (TPSA) is 54.8 Å². The van der Waals surface area contributed by atoms with E-state index in [4.69, 9.17) is 15.0 Å². The van der Waals surface area contributed by atoms with Crippen LogP contribution in [0.25, 0.3) is 43.8 Å². The largest absolute Gasteiger partial charge is 0.270 e. The molecule has 0 fully saturated rings. The molecule has 0 aliphatic rings. The summed E-state index contributed by atoms with van der Waals surface area (Å²) in [6.07, 6.45) is 1.79. The van der Waals surface area contributed by atoms with Crippen molar-refractivity contribution in [2.75, 3.05) is 4.90 Å². The summed E-state index contributed by atoms with van der Waals surface area (Å²) < 4.78 is 1.09. The van der Waals surface area contributed by atoms with Crippen LogP contribution >= 0.6 is 11.3 Å². The SMILES string of the molecule is [Ir].c1ccc(N(c2cccc(-c3ccccn3)n2)c2nc3c(-c4ccc5ccccc5n4)cccc3s2)cc1. The van der Waals surface area contributed by atoms with E-state index in [0.29, 0.717) is 0 Å². The van der Waals surface area contributed by atoms with E-state index in [9.17, 15) is 0 Å². The molecule has 0 N–H and O–H groups in total. The molecule has 0 aliphatic heterocycles. The summed E-state index contributed by atoms with van der Waals surface area (Å²) in [5.74, 6) is 0.781. The molecule has 0 bridgehead atoms. The number of fused-ring (bicyclic) bond motifs is 2. The van der Waals surface area contributed by atoms with Crippen LogP contribution in [-0.4, -0.2) is 19.9 Å². The molecule has 7 rings (SSSR count). The van der Waals surface area contributed by atoms with Gasteiger partial charge in [0.1, 0.15) is 5.82 Å². The van der Waals surface area contributed by atoms with Crippen LogP contribution in [0.5, 0.6) is 0 Å². The average molecular weight is 700 g/mol. The molecule has 0 spiro atoms. The fourth-order valence-corrected chi connectivity index (χ4v) is 5.60. The number of pyridine rings is 3. The predicted molar refractivity (Wildman–Crippen MR) is 156 cm³/mol. The van der Waals surface area contributed by atoms with Gasteiger partial charge in [-0.05, 0) is 54.6 Å². The summed E-state index contributed by atoms with van der Waals surface area (Å²) in [6.45, 7) is 0. The molecule has 4 aromatic heterocycles. The maximum Gasteiger partial charge on any atom is 0.196 e. The summed E-state index contributed by atoms with van der Waals surface area (Å²) in [5, 5.41) is 1.96. The van der Waals surface area contributed by atoms with Crippen LogP contribution < -0.4 is 4.90 Å². The number of anilines is 3. The van der Waals surface area contributed by atoms with Gasteiger partial charge in [-0.3, -0.25) is 9.88 Å². The smallest absolute Gasteiger partial charge is 0.196 e. The van der Waals surface area contributed by atoms with Gasteiger partial charge in [-0.25, -0.2) is 15.0 Å². The number of thiazole rings is 1. The van der Waals surface area contributed by atoms with Crippen LogP contribution in [0.3, 0.4) is 0 Å². The number of hydrogen-bond acceptors (Lipinski definition) is 6. The van der Waals surface area contributed by atoms with E-state index in [1.165, 1.54) is 0 Å². The second-order valence-corrected chi connectivity index (χ2v) is 9.81. The van der Waals surface area contributed by atoms with Gasteiger partial charge in [-0.1, -0.05) is 78.1 Å². The van der Waals surface area contributed by atoms with Gasteiger partial charge in [0.15, 0.2) is 5.13 Å². The number of para-hydroxylation sites is 3. The Bertz CT molecular complexity index is 1890. The Morgan fingerprint density at radius 1 is 0.564 bits per heavy atom. The first-order valence-electron chi connectivity index (χ1n) is 12.3. The van der Waals surface area contributed by atoms with Crippen LogP contribution in [0, 0.1) is 0 Å². The van der Waals surface area contributed by atoms with Gasteiger partial charge in [0, 0.05) is 42.9 Å². The van der Waals surface area contributed by atoms with Crippen molar-refractivity contribution in [2.24, 2.45) is 0 Å². The van der Waals surface area contributed by atoms with Gasteiger partial charge in [0.05, 0.1) is 32.8 Å². The summed E-state index contributed by atoms with van der Waals surface area (Å²) in [7, 11) is 0. The molecule has 7 heteroatoms. The quantitative estimate of drug-likeness (QED) is 0.181. The Labute approximate surface area is 243 Å². The standard InChI is InChI=1S/C32H21N5S.Ir/c1-2-11-23(12-3-1)37(30-18-9-16-28(35-30)27-15-6-7-21-33-27)32-36-31-24(13-8-17-29(31)38-32)26-20-19-22-10-4-5-14-25(22)34-26;/h1-21H;. The Morgan fingerprint density at radius 2 is 1.36 bits per heavy atom. The zero-order chi connectivity index (χ0) is 25.3. The molecule has 39 heavy (non-hydrogen) atoms. The first-order valence-corrected chi connectivity index (χ1v) is 13.1. The van der Waals surface area contributed by atoms with E-state index in [1.54, 1.807) is 17.5 Å². The molecule has 0 amide bonds. The molecule has 4 heterocycles. The van der Waals surface area contributed by atoms with Crippen molar-refractivity contribution >= 4 is 49.1 Å². The minimum atomic E-state index is 0. The zero-order valence-corrected chi connectivity index (χ0v) is 23.8. The first kappa shape index (κ1) is 25.0. The number of hydrogen-bond donors (Lipinski definition) is 0. The third-order valence-corrected chi connectivity index (χ3v) is 7.38. The Morgan fingerprint density at radius 3 is 2.23 bits per heavy atom. The second-order valence-electron chi connectivity index (χ2n) is 8.80. The van der Waals surface area contributed by atoms with Crippen LogP contribution in [-0.2, 0) is 20.1 Å². The number of aromatic nitrogens is 4. The molecule has 5 nitrogen and oxygen atoms in total. The summed E-state index contributed by atoms with van der Waals surface area (Å²) in [5.41, 5.74) is 6.45. The summed E-state index contributed by atoms with van der Waals surface area (Å²) in [4.78, 5) is 21.7.